The number of hydrogen-bond donors (Lipinski definition) is 1. The van der Waals surface area contributed by atoms with Crippen LogP contribution in [0.5, 0.6) is 5.88 Å². The maximum Gasteiger partial charge on any atom is 0.234 e. The van der Waals surface area contributed by atoms with E-state index in [1.807, 2.05) is 20.0 Å². The minimum atomic E-state index is 0.113. The van der Waals surface area contributed by atoms with Crippen molar-refractivity contribution in [2.24, 2.45) is 5.73 Å². The Balaban J connectivity index is 2.13. The molecular weight excluding hydrogens is 264 g/mol. The second-order valence-electron chi connectivity index (χ2n) is 6.14. The summed E-state index contributed by atoms with van der Waals surface area (Å²) in [6, 6.07) is 0.889. The molecule has 1 fully saturated rings. The molecule has 1 aliphatic carbocycles. The lowest BCUT2D eigenvalue weighted by Gasteiger charge is -2.36. The van der Waals surface area contributed by atoms with Crippen LogP contribution in [0.2, 0.25) is 0 Å². The number of hydrogen-bond acceptors (Lipinski definition) is 5. The summed E-state index contributed by atoms with van der Waals surface area (Å²) in [5.74, 6) is 1.53. The molecule has 118 valence electrons. The first-order valence-electron chi connectivity index (χ1n) is 8.11. The van der Waals surface area contributed by atoms with Crippen LogP contribution in [0.1, 0.15) is 52.9 Å². The van der Waals surface area contributed by atoms with Gasteiger partial charge >= 0.3 is 0 Å². The lowest BCUT2D eigenvalue weighted by atomic mass is 9.90. The minimum absolute atomic E-state index is 0.113. The molecule has 1 saturated carbocycles. The summed E-state index contributed by atoms with van der Waals surface area (Å²) in [5, 5.41) is 0. The zero-order valence-electron chi connectivity index (χ0n) is 13.5. The lowest BCUT2D eigenvalue weighted by Crippen LogP contribution is -2.42. The minimum Gasteiger partial charge on any atom is -0.474 e. The fraction of sp³-hybridized carbons (Fsp3) is 0.750. The Morgan fingerprint density at radius 2 is 2.00 bits per heavy atom. The maximum atomic E-state index is 6.02. The lowest BCUT2D eigenvalue weighted by molar-refractivity contribution is 0.231. The summed E-state index contributed by atoms with van der Waals surface area (Å²) < 4.78 is 5.67. The van der Waals surface area contributed by atoms with Crippen LogP contribution < -0.4 is 15.4 Å². The van der Waals surface area contributed by atoms with Crippen LogP contribution in [0.3, 0.4) is 0 Å². The second-order valence-corrected chi connectivity index (χ2v) is 6.14. The third kappa shape index (κ3) is 4.56. The van der Waals surface area contributed by atoms with E-state index in [9.17, 15) is 0 Å². The zero-order chi connectivity index (χ0) is 15.2. The van der Waals surface area contributed by atoms with Gasteiger partial charge in [-0.1, -0.05) is 6.92 Å². The molecule has 0 amide bonds. The summed E-state index contributed by atoms with van der Waals surface area (Å²) in [5.41, 5.74) is 6.02. The molecule has 0 radical (unpaired) electrons. The Hall–Kier alpha value is -1.36. The Bertz CT molecular complexity index is 430. The molecule has 2 N–H and O–H groups in total. The molecule has 0 unspecified atom stereocenters. The van der Waals surface area contributed by atoms with Crippen LogP contribution >= 0.6 is 0 Å². The number of nitrogens with zero attached hydrogens (tertiary/aromatic N) is 3. The fourth-order valence-corrected chi connectivity index (χ4v) is 2.91. The van der Waals surface area contributed by atoms with Crippen molar-refractivity contribution in [3.63, 3.8) is 0 Å². The van der Waals surface area contributed by atoms with Gasteiger partial charge in [0.25, 0.3) is 0 Å². The topological polar surface area (TPSA) is 64.3 Å². The molecule has 1 aromatic rings. The maximum absolute atomic E-state index is 6.02. The van der Waals surface area contributed by atoms with E-state index in [1.165, 1.54) is 0 Å². The molecule has 21 heavy (non-hydrogen) atoms. The number of anilines is 1. The Labute approximate surface area is 127 Å². The first-order chi connectivity index (χ1) is 10.1. The van der Waals surface area contributed by atoms with Crippen molar-refractivity contribution in [3.05, 3.63) is 12.4 Å². The van der Waals surface area contributed by atoms with E-state index < -0.39 is 0 Å². The van der Waals surface area contributed by atoms with Crippen LogP contribution in [0.4, 0.5) is 5.82 Å². The van der Waals surface area contributed by atoms with Crippen molar-refractivity contribution in [2.75, 3.05) is 11.4 Å². The van der Waals surface area contributed by atoms with E-state index in [2.05, 4.69) is 21.8 Å². The molecule has 0 saturated heterocycles. The van der Waals surface area contributed by atoms with Crippen molar-refractivity contribution in [1.82, 2.24) is 9.97 Å². The molecule has 0 aliphatic heterocycles. The van der Waals surface area contributed by atoms with Crippen LogP contribution in [0.25, 0.3) is 0 Å². The van der Waals surface area contributed by atoms with E-state index >= 15 is 0 Å². The number of rotatable bonds is 6. The number of nitrogens with two attached hydrogens (primary N) is 1. The number of ether oxygens (including phenoxy) is 1. The molecular formula is C16H28N4O. The van der Waals surface area contributed by atoms with Crippen LogP contribution in [-0.2, 0) is 0 Å². The van der Waals surface area contributed by atoms with Crippen molar-refractivity contribution in [1.29, 1.82) is 0 Å². The normalized spacial score (nSPS) is 22.3. The first-order valence-corrected chi connectivity index (χ1v) is 8.11. The molecule has 0 spiro atoms. The van der Waals surface area contributed by atoms with Gasteiger partial charge in [-0.15, -0.1) is 0 Å². The molecule has 1 aromatic heterocycles. The van der Waals surface area contributed by atoms with Crippen molar-refractivity contribution in [2.45, 2.75) is 71.1 Å². The van der Waals surface area contributed by atoms with E-state index in [1.54, 1.807) is 6.20 Å². The van der Waals surface area contributed by atoms with Crippen LogP contribution in [0, 0.1) is 0 Å². The zero-order valence-corrected chi connectivity index (χ0v) is 13.5. The Kier molecular flexibility index (Phi) is 5.79. The molecule has 1 heterocycles. The SMILES string of the molecule is CCCN(c1cncc(OC(C)C)n1)C1CCC(N)CC1. The number of aromatic nitrogens is 2. The smallest absolute Gasteiger partial charge is 0.234 e. The van der Waals surface area contributed by atoms with Gasteiger partial charge in [0, 0.05) is 18.6 Å². The quantitative estimate of drug-likeness (QED) is 0.873. The fourth-order valence-electron chi connectivity index (χ4n) is 2.91. The van der Waals surface area contributed by atoms with Gasteiger partial charge in [0.05, 0.1) is 18.5 Å². The summed E-state index contributed by atoms with van der Waals surface area (Å²) in [4.78, 5) is 11.3. The standard InChI is InChI=1S/C16H28N4O/c1-4-9-20(14-7-5-13(17)6-8-14)15-10-18-11-16(19-15)21-12(2)3/h10-14H,4-9,17H2,1-3H3. The molecule has 0 bridgehead atoms. The summed E-state index contributed by atoms with van der Waals surface area (Å²) >= 11 is 0. The predicted molar refractivity (Wildman–Crippen MR) is 85.7 cm³/mol. The van der Waals surface area contributed by atoms with Gasteiger partial charge in [-0.3, -0.25) is 4.98 Å². The van der Waals surface area contributed by atoms with Crippen molar-refractivity contribution < 1.29 is 4.74 Å². The van der Waals surface area contributed by atoms with Crippen LogP contribution in [0.15, 0.2) is 12.4 Å². The monoisotopic (exact) mass is 292 g/mol. The average Bonchev–Trinajstić information content (AvgIpc) is 2.45. The Morgan fingerprint density at radius 3 is 2.62 bits per heavy atom. The highest BCUT2D eigenvalue weighted by Gasteiger charge is 2.25. The van der Waals surface area contributed by atoms with E-state index in [0.717, 1.165) is 44.5 Å². The van der Waals surface area contributed by atoms with E-state index in [4.69, 9.17) is 10.5 Å². The van der Waals surface area contributed by atoms with Gasteiger partial charge in [0.2, 0.25) is 5.88 Å². The van der Waals surface area contributed by atoms with Crippen molar-refractivity contribution >= 4 is 5.82 Å². The molecule has 1 aliphatic rings. The molecule has 2 rings (SSSR count). The summed E-state index contributed by atoms with van der Waals surface area (Å²) in [6.45, 7) is 7.20. The third-order valence-electron chi connectivity index (χ3n) is 3.90. The van der Waals surface area contributed by atoms with Gasteiger partial charge in [0.15, 0.2) is 5.82 Å². The van der Waals surface area contributed by atoms with Gasteiger partial charge in [-0.2, -0.15) is 4.98 Å². The largest absolute Gasteiger partial charge is 0.474 e. The summed E-state index contributed by atoms with van der Waals surface area (Å²) in [7, 11) is 0. The molecule has 0 aromatic carbocycles. The van der Waals surface area contributed by atoms with Crippen LogP contribution in [-0.4, -0.2) is 34.7 Å². The highest BCUT2D eigenvalue weighted by atomic mass is 16.5. The highest BCUT2D eigenvalue weighted by Crippen LogP contribution is 2.26. The predicted octanol–water partition coefficient (Wildman–Crippen LogP) is 2.75. The Morgan fingerprint density at radius 1 is 1.29 bits per heavy atom. The molecule has 5 heteroatoms. The summed E-state index contributed by atoms with van der Waals surface area (Å²) in [6.07, 6.45) is 9.21. The second kappa shape index (κ2) is 7.59. The van der Waals surface area contributed by atoms with Crippen molar-refractivity contribution in [3.8, 4) is 5.88 Å². The molecule has 0 atom stereocenters. The highest BCUT2D eigenvalue weighted by molar-refractivity contribution is 5.39. The third-order valence-corrected chi connectivity index (χ3v) is 3.90. The molecule has 5 nitrogen and oxygen atoms in total. The van der Waals surface area contributed by atoms with E-state index in [0.29, 0.717) is 18.0 Å². The van der Waals surface area contributed by atoms with Gasteiger partial charge < -0.3 is 15.4 Å². The van der Waals surface area contributed by atoms with Gasteiger partial charge in [0.1, 0.15) is 0 Å². The van der Waals surface area contributed by atoms with Gasteiger partial charge in [-0.05, 0) is 46.0 Å². The first kappa shape index (κ1) is 16.0. The average molecular weight is 292 g/mol. The van der Waals surface area contributed by atoms with E-state index in [-0.39, 0.29) is 6.10 Å². The van der Waals surface area contributed by atoms with Gasteiger partial charge in [-0.25, -0.2) is 0 Å².